The van der Waals surface area contributed by atoms with Gasteiger partial charge in [0, 0.05) is 32.1 Å². The summed E-state index contributed by atoms with van der Waals surface area (Å²) in [5.74, 6) is 0. The summed E-state index contributed by atoms with van der Waals surface area (Å²) in [6, 6.07) is 7.92. The molecule has 2 nitrogen and oxygen atoms in total. The van der Waals surface area contributed by atoms with Gasteiger partial charge in [-0.2, -0.15) is 0 Å². The van der Waals surface area contributed by atoms with Gasteiger partial charge in [-0.1, -0.05) is 12.1 Å². The summed E-state index contributed by atoms with van der Waals surface area (Å²) in [6.07, 6.45) is 3.58. The molecule has 0 spiro atoms. The van der Waals surface area contributed by atoms with Crippen LogP contribution in [0.3, 0.4) is 0 Å². The third-order valence-electron chi connectivity index (χ3n) is 2.51. The quantitative estimate of drug-likeness (QED) is 0.571. The summed E-state index contributed by atoms with van der Waals surface area (Å²) < 4.78 is 2.05. The van der Waals surface area contributed by atoms with Crippen molar-refractivity contribution in [2.75, 3.05) is 0 Å². The Bertz CT molecular complexity index is 634. The molecule has 16 heavy (non-hydrogen) atoms. The summed E-state index contributed by atoms with van der Waals surface area (Å²) in [5, 5.41) is 2.14. The number of benzene rings is 1. The lowest BCUT2D eigenvalue weighted by atomic mass is 10.1. The van der Waals surface area contributed by atoms with E-state index >= 15 is 0 Å². The molecule has 2 heterocycles. The Labute approximate surface area is 109 Å². The third-order valence-corrected chi connectivity index (χ3v) is 4.68. The van der Waals surface area contributed by atoms with E-state index in [9.17, 15) is 0 Å². The van der Waals surface area contributed by atoms with Crippen molar-refractivity contribution in [1.29, 1.82) is 0 Å². The van der Waals surface area contributed by atoms with Crippen LogP contribution in [-0.4, -0.2) is 9.97 Å². The molecule has 0 saturated heterocycles. The number of rotatable bonds is 0. The molecule has 3 aromatic rings. The molecule has 0 saturated carbocycles. The van der Waals surface area contributed by atoms with E-state index in [0.29, 0.717) is 0 Å². The predicted molar refractivity (Wildman–Crippen MR) is 72.4 cm³/mol. The van der Waals surface area contributed by atoms with Gasteiger partial charge in [0.25, 0.3) is 0 Å². The van der Waals surface area contributed by atoms with Gasteiger partial charge in [0.15, 0.2) is 0 Å². The van der Waals surface area contributed by atoms with Crippen molar-refractivity contribution in [1.82, 2.24) is 9.97 Å². The van der Waals surface area contributed by atoms with E-state index in [0.717, 1.165) is 30.8 Å². The zero-order valence-corrected chi connectivity index (χ0v) is 11.3. The fraction of sp³-hybridized carbons (Fsp3) is 0. The third kappa shape index (κ3) is 1.37. The van der Waals surface area contributed by atoms with E-state index in [-0.39, 0.29) is 0 Å². The van der Waals surface area contributed by atoms with Crippen LogP contribution in [0.25, 0.3) is 21.8 Å². The Kier molecular flexibility index (Phi) is 2.41. The second kappa shape index (κ2) is 3.79. The zero-order chi connectivity index (χ0) is 11.1. The highest BCUT2D eigenvalue weighted by atomic mass is 79.9. The van der Waals surface area contributed by atoms with Crippen LogP contribution in [-0.2, 0) is 0 Å². The average Bonchev–Trinajstić information content (AvgIpc) is 2.36. The van der Waals surface area contributed by atoms with Crippen LogP contribution < -0.4 is 0 Å². The molecule has 0 atom stereocenters. The number of pyridine rings is 2. The van der Waals surface area contributed by atoms with E-state index in [1.807, 2.05) is 24.3 Å². The second-order valence-electron chi connectivity index (χ2n) is 3.43. The normalized spacial score (nSPS) is 11.1. The van der Waals surface area contributed by atoms with Gasteiger partial charge in [0.2, 0.25) is 0 Å². The lowest BCUT2D eigenvalue weighted by Crippen LogP contribution is -1.87. The minimum absolute atomic E-state index is 0.924. The number of hydrogen-bond donors (Lipinski definition) is 0. The number of hydrogen-bond acceptors (Lipinski definition) is 2. The molecule has 0 amide bonds. The Hall–Kier alpha value is -1.00. The summed E-state index contributed by atoms with van der Waals surface area (Å²) in [5.41, 5.74) is 1.85. The van der Waals surface area contributed by atoms with Crippen molar-refractivity contribution in [3.8, 4) is 0 Å². The molecule has 0 aliphatic heterocycles. The van der Waals surface area contributed by atoms with Crippen LogP contribution in [0.2, 0.25) is 0 Å². The van der Waals surface area contributed by atoms with Gasteiger partial charge in [-0.15, -0.1) is 0 Å². The summed E-state index contributed by atoms with van der Waals surface area (Å²) in [4.78, 5) is 8.80. The molecule has 2 aromatic heterocycles. The maximum Gasteiger partial charge on any atom is 0.0976 e. The van der Waals surface area contributed by atoms with Gasteiger partial charge < -0.3 is 0 Å². The Morgan fingerprint density at radius 3 is 1.62 bits per heavy atom. The maximum absolute atomic E-state index is 4.40. The molecular formula is C12H6Br2N2. The lowest BCUT2D eigenvalue weighted by molar-refractivity contribution is 1.37. The summed E-state index contributed by atoms with van der Waals surface area (Å²) >= 11 is 7.17. The van der Waals surface area contributed by atoms with Crippen molar-refractivity contribution >= 4 is 53.7 Å². The van der Waals surface area contributed by atoms with Gasteiger partial charge in [0.1, 0.15) is 0 Å². The van der Waals surface area contributed by atoms with Gasteiger partial charge in [-0.05, 0) is 44.0 Å². The van der Waals surface area contributed by atoms with Gasteiger partial charge >= 0.3 is 0 Å². The highest BCUT2D eigenvalue weighted by Crippen LogP contribution is 2.37. The zero-order valence-electron chi connectivity index (χ0n) is 8.11. The minimum atomic E-state index is 0.924. The molecule has 0 aliphatic carbocycles. The van der Waals surface area contributed by atoms with Crippen molar-refractivity contribution < 1.29 is 0 Å². The number of halogens is 2. The smallest absolute Gasteiger partial charge is 0.0976 e. The summed E-state index contributed by atoms with van der Waals surface area (Å²) in [6.45, 7) is 0. The van der Waals surface area contributed by atoms with E-state index in [1.165, 1.54) is 0 Å². The van der Waals surface area contributed by atoms with Crippen molar-refractivity contribution in [3.63, 3.8) is 0 Å². The van der Waals surface area contributed by atoms with Crippen molar-refractivity contribution in [3.05, 3.63) is 45.6 Å². The van der Waals surface area contributed by atoms with E-state index in [2.05, 4.69) is 41.8 Å². The minimum Gasteiger partial charge on any atom is -0.254 e. The molecule has 0 bridgehead atoms. The average molecular weight is 338 g/mol. The van der Waals surface area contributed by atoms with Gasteiger partial charge in [-0.25, -0.2) is 0 Å². The Morgan fingerprint density at radius 2 is 1.19 bits per heavy atom. The Balaban J connectivity index is 2.69. The van der Waals surface area contributed by atoms with E-state index in [4.69, 9.17) is 0 Å². The molecule has 1 aromatic carbocycles. The van der Waals surface area contributed by atoms with Crippen LogP contribution in [0.4, 0.5) is 0 Å². The van der Waals surface area contributed by atoms with Crippen molar-refractivity contribution in [2.24, 2.45) is 0 Å². The number of fused-ring (bicyclic) bond motifs is 3. The van der Waals surface area contributed by atoms with Crippen LogP contribution in [0.15, 0.2) is 45.6 Å². The Morgan fingerprint density at radius 1 is 0.750 bits per heavy atom. The van der Waals surface area contributed by atoms with Crippen LogP contribution in [0, 0.1) is 0 Å². The monoisotopic (exact) mass is 336 g/mol. The topological polar surface area (TPSA) is 25.8 Å². The molecule has 0 fully saturated rings. The SMILES string of the molecule is Brc1c(Br)c2cccnc2c2ncccc12. The summed E-state index contributed by atoms with van der Waals surface area (Å²) in [7, 11) is 0. The molecule has 0 aliphatic rings. The molecule has 4 heteroatoms. The maximum atomic E-state index is 4.40. The standard InChI is InChI=1S/C12H6Br2N2/c13-9-7-3-1-5-15-11(7)12-8(10(9)14)4-2-6-16-12/h1-6H. The molecule has 0 radical (unpaired) electrons. The van der Waals surface area contributed by atoms with Crippen molar-refractivity contribution in [2.45, 2.75) is 0 Å². The second-order valence-corrected chi connectivity index (χ2v) is 5.01. The molecule has 0 unspecified atom stereocenters. The fourth-order valence-electron chi connectivity index (χ4n) is 1.78. The van der Waals surface area contributed by atoms with E-state index in [1.54, 1.807) is 12.4 Å². The van der Waals surface area contributed by atoms with Crippen LogP contribution in [0.5, 0.6) is 0 Å². The van der Waals surface area contributed by atoms with E-state index < -0.39 is 0 Å². The predicted octanol–water partition coefficient (Wildman–Crippen LogP) is 4.31. The van der Waals surface area contributed by atoms with Gasteiger partial charge in [0.05, 0.1) is 11.0 Å². The molecule has 78 valence electrons. The first-order chi connectivity index (χ1) is 7.79. The van der Waals surface area contributed by atoms with Gasteiger partial charge in [-0.3, -0.25) is 9.97 Å². The van der Waals surface area contributed by atoms with Crippen LogP contribution >= 0.6 is 31.9 Å². The number of nitrogens with zero attached hydrogens (tertiary/aromatic N) is 2. The molecular weight excluding hydrogens is 332 g/mol. The van der Waals surface area contributed by atoms with Crippen LogP contribution in [0.1, 0.15) is 0 Å². The molecule has 0 N–H and O–H groups in total. The number of aromatic nitrogens is 2. The lowest BCUT2D eigenvalue weighted by Gasteiger charge is -2.07. The highest BCUT2D eigenvalue weighted by Gasteiger charge is 2.11. The largest absolute Gasteiger partial charge is 0.254 e. The fourth-order valence-corrected chi connectivity index (χ4v) is 2.85. The first kappa shape index (κ1) is 10.2. The first-order valence-electron chi connectivity index (χ1n) is 4.75. The highest BCUT2D eigenvalue weighted by molar-refractivity contribution is 9.13. The molecule has 3 rings (SSSR count). The first-order valence-corrected chi connectivity index (χ1v) is 6.34.